The van der Waals surface area contributed by atoms with Crippen molar-refractivity contribution in [2.45, 2.75) is 20.4 Å². The van der Waals surface area contributed by atoms with Gasteiger partial charge in [0.25, 0.3) is 0 Å². The molecule has 0 fully saturated rings. The predicted octanol–water partition coefficient (Wildman–Crippen LogP) is 3.56. The molecular weight excluding hydrogens is 280 g/mol. The maximum Gasteiger partial charge on any atom is 0.184 e. The highest BCUT2D eigenvalue weighted by Crippen LogP contribution is 2.25. The lowest BCUT2D eigenvalue weighted by Gasteiger charge is -2.28. The number of H-pyrrole nitrogens is 1. The summed E-state index contributed by atoms with van der Waals surface area (Å²) in [5, 5.41) is 0. The molecule has 2 aromatic rings. The van der Waals surface area contributed by atoms with Gasteiger partial charge in [-0.25, -0.2) is 8.78 Å². The summed E-state index contributed by atoms with van der Waals surface area (Å²) in [4.78, 5) is 4.99. The summed E-state index contributed by atoms with van der Waals surface area (Å²) < 4.78 is 29.5. The molecule has 0 saturated heterocycles. The Labute approximate surface area is 122 Å². The van der Waals surface area contributed by atoms with Crippen LogP contribution in [-0.2, 0) is 6.54 Å². The van der Waals surface area contributed by atoms with Gasteiger partial charge in [0.1, 0.15) is 5.52 Å². The molecule has 0 unspecified atom stereocenters. The van der Waals surface area contributed by atoms with E-state index in [9.17, 15) is 8.78 Å². The number of aromatic nitrogens is 2. The number of rotatable bonds is 4. The minimum atomic E-state index is -0.856. The molecule has 2 rings (SSSR count). The maximum absolute atomic E-state index is 14.0. The summed E-state index contributed by atoms with van der Waals surface area (Å²) in [7, 11) is 3.97. The molecule has 0 radical (unpaired) electrons. The van der Waals surface area contributed by atoms with Gasteiger partial charge in [0, 0.05) is 13.1 Å². The van der Waals surface area contributed by atoms with E-state index in [2.05, 4.69) is 23.7 Å². The van der Waals surface area contributed by atoms with E-state index in [-0.39, 0.29) is 10.9 Å². The van der Waals surface area contributed by atoms with Crippen molar-refractivity contribution in [3.63, 3.8) is 0 Å². The predicted molar refractivity (Wildman–Crippen MR) is 79.4 cm³/mol. The minimum Gasteiger partial charge on any atom is -0.330 e. The van der Waals surface area contributed by atoms with Gasteiger partial charge >= 0.3 is 0 Å². The minimum absolute atomic E-state index is 0.115. The molecular formula is C14H19F2N3S. The Balaban J connectivity index is 2.52. The van der Waals surface area contributed by atoms with Crippen molar-refractivity contribution in [3.05, 3.63) is 28.5 Å². The number of nitrogens with zero attached hydrogens (tertiary/aromatic N) is 2. The highest BCUT2D eigenvalue weighted by Gasteiger charge is 2.23. The second-order valence-electron chi connectivity index (χ2n) is 6.18. The van der Waals surface area contributed by atoms with E-state index in [1.165, 1.54) is 6.07 Å². The van der Waals surface area contributed by atoms with Crippen molar-refractivity contribution < 1.29 is 8.78 Å². The SMILES string of the molecule is CN(C)CC(C)(C)Cn1c(=S)[nH]c2ccc(F)c(F)c21. The topological polar surface area (TPSA) is 24.0 Å². The van der Waals surface area contributed by atoms with E-state index in [1.807, 2.05) is 14.1 Å². The summed E-state index contributed by atoms with van der Waals surface area (Å²) >= 11 is 5.24. The van der Waals surface area contributed by atoms with Crippen LogP contribution in [0.1, 0.15) is 13.8 Å². The average molecular weight is 299 g/mol. The van der Waals surface area contributed by atoms with Gasteiger partial charge in [0.15, 0.2) is 16.4 Å². The Bertz CT molecular complexity index is 686. The molecule has 0 saturated carbocycles. The van der Waals surface area contributed by atoms with Gasteiger partial charge in [-0.05, 0) is 43.9 Å². The number of aromatic amines is 1. The standard InChI is InChI=1S/C14H19F2N3S/c1-14(2,7-18(3)4)8-19-12-10(17-13(19)20)6-5-9(15)11(12)16/h5-6H,7-8H2,1-4H3,(H,17,20). The van der Waals surface area contributed by atoms with Gasteiger partial charge < -0.3 is 14.5 Å². The van der Waals surface area contributed by atoms with Gasteiger partial charge in [0.05, 0.1) is 5.52 Å². The normalized spacial score (nSPS) is 12.6. The van der Waals surface area contributed by atoms with Crippen molar-refractivity contribution >= 4 is 23.3 Å². The number of nitrogens with one attached hydrogen (secondary N) is 1. The van der Waals surface area contributed by atoms with Gasteiger partial charge in [-0.3, -0.25) is 0 Å². The van der Waals surface area contributed by atoms with Crippen LogP contribution in [0.3, 0.4) is 0 Å². The first-order valence-corrected chi connectivity index (χ1v) is 6.83. The summed E-state index contributed by atoms with van der Waals surface area (Å²) in [5.41, 5.74) is 0.617. The Hall–Kier alpha value is -1.27. The number of fused-ring (bicyclic) bond motifs is 1. The average Bonchev–Trinajstić information content (AvgIpc) is 2.59. The van der Waals surface area contributed by atoms with Gasteiger partial charge in [-0.1, -0.05) is 13.8 Å². The van der Waals surface area contributed by atoms with E-state index in [4.69, 9.17) is 12.2 Å². The molecule has 3 nitrogen and oxygen atoms in total. The first-order chi connectivity index (χ1) is 9.21. The Morgan fingerprint density at radius 2 is 1.95 bits per heavy atom. The van der Waals surface area contributed by atoms with E-state index < -0.39 is 11.6 Å². The molecule has 0 aliphatic rings. The number of halogens is 2. The third kappa shape index (κ3) is 2.91. The van der Waals surface area contributed by atoms with Crippen LogP contribution >= 0.6 is 12.2 Å². The Kier molecular flexibility index (Phi) is 3.97. The van der Waals surface area contributed by atoms with Gasteiger partial charge in [0.2, 0.25) is 0 Å². The third-order valence-corrected chi connectivity index (χ3v) is 3.48. The smallest absolute Gasteiger partial charge is 0.184 e. The lowest BCUT2D eigenvalue weighted by atomic mass is 9.93. The lowest BCUT2D eigenvalue weighted by molar-refractivity contribution is 0.212. The van der Waals surface area contributed by atoms with Crippen LogP contribution in [0.2, 0.25) is 0 Å². The van der Waals surface area contributed by atoms with Crippen molar-refractivity contribution in [2.75, 3.05) is 20.6 Å². The van der Waals surface area contributed by atoms with Crippen molar-refractivity contribution in [1.82, 2.24) is 14.5 Å². The van der Waals surface area contributed by atoms with Crippen LogP contribution in [0.4, 0.5) is 8.78 Å². The molecule has 1 aromatic heterocycles. The summed E-state index contributed by atoms with van der Waals surface area (Å²) in [6, 6.07) is 2.62. The molecule has 20 heavy (non-hydrogen) atoms. The van der Waals surface area contributed by atoms with Crippen LogP contribution < -0.4 is 0 Å². The van der Waals surface area contributed by atoms with E-state index >= 15 is 0 Å². The fourth-order valence-electron chi connectivity index (χ4n) is 2.67. The molecule has 1 aromatic carbocycles. The second-order valence-corrected chi connectivity index (χ2v) is 6.56. The van der Waals surface area contributed by atoms with Crippen LogP contribution in [0.5, 0.6) is 0 Å². The molecule has 0 bridgehead atoms. The number of hydrogen-bond donors (Lipinski definition) is 1. The largest absolute Gasteiger partial charge is 0.330 e. The summed E-state index contributed by atoms with van der Waals surface area (Å²) in [6.07, 6.45) is 0. The molecule has 6 heteroatoms. The van der Waals surface area contributed by atoms with Crippen molar-refractivity contribution in [1.29, 1.82) is 0 Å². The summed E-state index contributed by atoms with van der Waals surface area (Å²) in [6.45, 7) is 5.48. The molecule has 0 amide bonds. The molecule has 0 aliphatic heterocycles. The molecule has 0 spiro atoms. The molecule has 110 valence electrons. The highest BCUT2D eigenvalue weighted by atomic mass is 32.1. The molecule has 1 heterocycles. The number of hydrogen-bond acceptors (Lipinski definition) is 2. The number of imidazole rings is 1. The molecule has 0 atom stereocenters. The number of benzene rings is 1. The van der Waals surface area contributed by atoms with Crippen molar-refractivity contribution in [2.24, 2.45) is 5.41 Å². The quantitative estimate of drug-likeness (QED) is 0.873. The van der Waals surface area contributed by atoms with Crippen molar-refractivity contribution in [3.8, 4) is 0 Å². The van der Waals surface area contributed by atoms with E-state index in [1.54, 1.807) is 4.57 Å². The van der Waals surface area contributed by atoms with Crippen LogP contribution in [-0.4, -0.2) is 35.1 Å². The third-order valence-electron chi connectivity index (χ3n) is 3.16. The zero-order chi connectivity index (χ0) is 15.1. The van der Waals surface area contributed by atoms with Crippen LogP contribution in [0.25, 0.3) is 11.0 Å². The first-order valence-electron chi connectivity index (χ1n) is 6.42. The zero-order valence-electron chi connectivity index (χ0n) is 12.1. The zero-order valence-corrected chi connectivity index (χ0v) is 12.9. The van der Waals surface area contributed by atoms with E-state index in [0.717, 1.165) is 12.6 Å². The summed E-state index contributed by atoms with van der Waals surface area (Å²) in [5.74, 6) is -1.71. The molecule has 0 aliphatic carbocycles. The second kappa shape index (κ2) is 5.26. The highest BCUT2D eigenvalue weighted by molar-refractivity contribution is 7.71. The van der Waals surface area contributed by atoms with Gasteiger partial charge in [-0.2, -0.15) is 0 Å². The lowest BCUT2D eigenvalue weighted by Crippen LogP contribution is -2.32. The Morgan fingerprint density at radius 1 is 1.30 bits per heavy atom. The van der Waals surface area contributed by atoms with E-state index in [0.29, 0.717) is 16.8 Å². The molecule has 1 N–H and O–H groups in total. The Morgan fingerprint density at radius 3 is 2.55 bits per heavy atom. The first kappa shape index (κ1) is 15.1. The van der Waals surface area contributed by atoms with Gasteiger partial charge in [-0.15, -0.1) is 0 Å². The maximum atomic E-state index is 14.0. The monoisotopic (exact) mass is 299 g/mol. The fourth-order valence-corrected chi connectivity index (χ4v) is 2.94. The fraction of sp³-hybridized carbons (Fsp3) is 0.500. The van der Waals surface area contributed by atoms with Crippen LogP contribution in [0.15, 0.2) is 12.1 Å². The van der Waals surface area contributed by atoms with Crippen LogP contribution in [0, 0.1) is 21.8 Å².